The van der Waals surface area contributed by atoms with E-state index in [1.807, 2.05) is 36.4 Å². The lowest BCUT2D eigenvalue weighted by molar-refractivity contribution is -0.184. The van der Waals surface area contributed by atoms with Gasteiger partial charge in [0.05, 0.1) is 6.04 Å². The van der Waals surface area contributed by atoms with Crippen LogP contribution in [0.25, 0.3) is 0 Å². The van der Waals surface area contributed by atoms with Crippen molar-refractivity contribution in [1.82, 2.24) is 4.90 Å². The summed E-state index contributed by atoms with van der Waals surface area (Å²) < 4.78 is 5.50. The van der Waals surface area contributed by atoms with Gasteiger partial charge in [0.25, 0.3) is 0 Å². The summed E-state index contributed by atoms with van der Waals surface area (Å²) in [6.07, 6.45) is 6.13. The first kappa shape index (κ1) is 12.6. The molecule has 0 unspecified atom stereocenters. The zero-order valence-electron chi connectivity index (χ0n) is 11.7. The van der Waals surface area contributed by atoms with Gasteiger partial charge in [-0.15, -0.1) is 0 Å². The molecule has 2 heterocycles. The Kier molecular flexibility index (Phi) is 2.67. The van der Waals surface area contributed by atoms with Crippen LogP contribution in [0.15, 0.2) is 42.5 Å². The second-order valence-electron chi connectivity index (χ2n) is 6.02. The average molecular weight is 283 g/mol. The van der Waals surface area contributed by atoms with Crippen LogP contribution in [0.4, 0.5) is 0 Å². The first-order valence-corrected chi connectivity index (χ1v) is 7.47. The number of carbonyl (C=O) groups is 2. The number of benzene rings is 1. The minimum atomic E-state index is -0.773. The molecule has 1 aliphatic carbocycles. The Morgan fingerprint density at radius 1 is 1.19 bits per heavy atom. The van der Waals surface area contributed by atoms with Gasteiger partial charge in [0.2, 0.25) is 5.91 Å². The van der Waals surface area contributed by atoms with Crippen molar-refractivity contribution in [3.63, 3.8) is 0 Å². The van der Waals surface area contributed by atoms with Crippen LogP contribution in [0, 0.1) is 5.92 Å². The van der Waals surface area contributed by atoms with Crippen LogP contribution in [0.3, 0.4) is 0 Å². The van der Waals surface area contributed by atoms with Gasteiger partial charge in [-0.3, -0.25) is 4.79 Å². The van der Waals surface area contributed by atoms with Gasteiger partial charge in [-0.1, -0.05) is 36.4 Å². The molecule has 1 spiro atoms. The number of nitrogens with zero attached hydrogens (tertiary/aromatic N) is 1. The van der Waals surface area contributed by atoms with Crippen LogP contribution in [-0.4, -0.2) is 28.9 Å². The summed E-state index contributed by atoms with van der Waals surface area (Å²) in [5, 5.41) is 0. The summed E-state index contributed by atoms with van der Waals surface area (Å²) >= 11 is 0. The van der Waals surface area contributed by atoms with Gasteiger partial charge in [0, 0.05) is 5.92 Å². The van der Waals surface area contributed by atoms with Crippen molar-refractivity contribution in [3.8, 4) is 0 Å². The number of hydrogen-bond acceptors (Lipinski definition) is 3. The van der Waals surface area contributed by atoms with Crippen molar-refractivity contribution in [2.24, 2.45) is 5.92 Å². The standard InChI is InChI=1S/C17H17NO3/c19-15-9-8-13-7-4-10-17(13)16(20)21-11-14(18(15)17)12-5-2-1-3-6-12/h1-3,5-6,8-9,13-14H,4,7,10-11H2/t13-,14-,17+/m0/s1. The van der Waals surface area contributed by atoms with E-state index in [2.05, 4.69) is 0 Å². The van der Waals surface area contributed by atoms with E-state index in [-0.39, 0.29) is 30.4 Å². The van der Waals surface area contributed by atoms with Crippen LogP contribution in [0.1, 0.15) is 30.9 Å². The number of cyclic esters (lactones) is 1. The van der Waals surface area contributed by atoms with E-state index < -0.39 is 5.54 Å². The summed E-state index contributed by atoms with van der Waals surface area (Å²) in [5.41, 5.74) is 0.253. The number of morpholine rings is 1. The molecule has 4 rings (SSSR count). The number of amides is 1. The average Bonchev–Trinajstić information content (AvgIpc) is 2.94. The molecule has 0 N–H and O–H groups in total. The highest BCUT2D eigenvalue weighted by Gasteiger charge is 2.60. The molecule has 2 aliphatic heterocycles. The zero-order chi connectivity index (χ0) is 14.4. The molecule has 1 aromatic carbocycles. The van der Waals surface area contributed by atoms with Crippen molar-refractivity contribution in [1.29, 1.82) is 0 Å². The fraction of sp³-hybridized carbons (Fsp3) is 0.412. The summed E-state index contributed by atoms with van der Waals surface area (Å²) in [5.74, 6) is -0.206. The summed E-state index contributed by atoms with van der Waals surface area (Å²) in [4.78, 5) is 26.8. The highest BCUT2D eigenvalue weighted by Crippen LogP contribution is 2.50. The van der Waals surface area contributed by atoms with E-state index in [0.717, 1.165) is 18.4 Å². The lowest BCUT2D eigenvalue weighted by Gasteiger charge is -2.51. The molecule has 0 radical (unpaired) electrons. The monoisotopic (exact) mass is 283 g/mol. The zero-order valence-corrected chi connectivity index (χ0v) is 11.7. The summed E-state index contributed by atoms with van der Waals surface area (Å²) in [6, 6.07) is 9.66. The maximum atomic E-state index is 12.5. The minimum Gasteiger partial charge on any atom is -0.461 e. The molecule has 21 heavy (non-hydrogen) atoms. The van der Waals surface area contributed by atoms with Crippen molar-refractivity contribution >= 4 is 11.9 Å². The number of ether oxygens (including phenoxy) is 1. The van der Waals surface area contributed by atoms with Crippen LogP contribution in [0.5, 0.6) is 0 Å². The molecule has 3 atom stereocenters. The Labute approximate surface area is 123 Å². The van der Waals surface area contributed by atoms with Gasteiger partial charge in [0.1, 0.15) is 12.1 Å². The number of hydrogen-bond donors (Lipinski definition) is 0. The molecule has 1 saturated carbocycles. The Bertz CT molecular complexity index is 624. The third kappa shape index (κ3) is 1.62. The van der Waals surface area contributed by atoms with E-state index >= 15 is 0 Å². The fourth-order valence-electron chi connectivity index (χ4n) is 4.10. The molecule has 1 amide bonds. The van der Waals surface area contributed by atoms with E-state index in [4.69, 9.17) is 4.74 Å². The highest BCUT2D eigenvalue weighted by atomic mass is 16.5. The van der Waals surface area contributed by atoms with Crippen LogP contribution in [-0.2, 0) is 14.3 Å². The molecule has 4 nitrogen and oxygen atoms in total. The third-order valence-electron chi connectivity index (χ3n) is 5.05. The Balaban J connectivity index is 1.84. The Hall–Kier alpha value is -2.10. The van der Waals surface area contributed by atoms with Crippen LogP contribution < -0.4 is 0 Å². The quantitative estimate of drug-likeness (QED) is 0.742. The van der Waals surface area contributed by atoms with E-state index in [0.29, 0.717) is 6.42 Å². The van der Waals surface area contributed by atoms with Gasteiger partial charge in [-0.25, -0.2) is 4.79 Å². The first-order valence-electron chi connectivity index (χ1n) is 7.47. The van der Waals surface area contributed by atoms with Gasteiger partial charge < -0.3 is 9.64 Å². The predicted octanol–water partition coefficient (Wildman–Crippen LogP) is 2.22. The van der Waals surface area contributed by atoms with E-state index in [1.165, 1.54) is 0 Å². The van der Waals surface area contributed by atoms with Gasteiger partial charge in [0.15, 0.2) is 0 Å². The molecule has 0 bridgehead atoms. The van der Waals surface area contributed by atoms with Gasteiger partial charge >= 0.3 is 5.97 Å². The third-order valence-corrected chi connectivity index (χ3v) is 5.05. The largest absolute Gasteiger partial charge is 0.461 e. The second-order valence-corrected chi connectivity index (χ2v) is 6.02. The summed E-state index contributed by atoms with van der Waals surface area (Å²) in [7, 11) is 0. The molecule has 4 heteroatoms. The molecule has 2 fully saturated rings. The SMILES string of the molecule is O=C1C=C[C@@H]2CCC[C@]23C(=O)OC[C@@H](c2ccccc2)N13. The van der Waals surface area contributed by atoms with Crippen molar-refractivity contribution < 1.29 is 14.3 Å². The molecule has 3 aliphatic rings. The lowest BCUT2D eigenvalue weighted by Crippen LogP contribution is -2.65. The fourth-order valence-corrected chi connectivity index (χ4v) is 4.10. The predicted molar refractivity (Wildman–Crippen MR) is 76.2 cm³/mol. The van der Waals surface area contributed by atoms with Gasteiger partial charge in [-0.2, -0.15) is 0 Å². The van der Waals surface area contributed by atoms with E-state index in [1.54, 1.807) is 11.0 Å². The van der Waals surface area contributed by atoms with Crippen molar-refractivity contribution in [3.05, 3.63) is 48.0 Å². The van der Waals surface area contributed by atoms with Gasteiger partial charge in [-0.05, 0) is 30.9 Å². The van der Waals surface area contributed by atoms with Crippen molar-refractivity contribution in [2.45, 2.75) is 30.8 Å². The highest BCUT2D eigenvalue weighted by molar-refractivity contribution is 5.97. The molecule has 1 saturated heterocycles. The molecule has 0 aromatic heterocycles. The molecular formula is C17H17NO3. The number of carbonyl (C=O) groups excluding carboxylic acids is 2. The topological polar surface area (TPSA) is 46.6 Å². The van der Waals surface area contributed by atoms with Crippen LogP contribution in [0.2, 0.25) is 0 Å². The normalized spacial score (nSPS) is 34.4. The first-order chi connectivity index (χ1) is 10.2. The molecular weight excluding hydrogens is 266 g/mol. The van der Waals surface area contributed by atoms with Crippen LogP contribution >= 0.6 is 0 Å². The molecule has 1 aromatic rings. The molecule has 108 valence electrons. The minimum absolute atomic E-state index is 0.0707. The number of rotatable bonds is 1. The Morgan fingerprint density at radius 2 is 2.00 bits per heavy atom. The second kappa shape index (κ2) is 4.45. The smallest absolute Gasteiger partial charge is 0.332 e. The number of esters is 1. The maximum absolute atomic E-state index is 12.5. The Morgan fingerprint density at radius 3 is 2.81 bits per heavy atom. The lowest BCUT2D eigenvalue weighted by atomic mass is 9.79. The maximum Gasteiger partial charge on any atom is 0.332 e. The summed E-state index contributed by atoms with van der Waals surface area (Å²) in [6.45, 7) is 0.247. The van der Waals surface area contributed by atoms with E-state index in [9.17, 15) is 9.59 Å². The van der Waals surface area contributed by atoms with Crippen molar-refractivity contribution in [2.75, 3.05) is 6.61 Å².